The molecule has 0 radical (unpaired) electrons. The van der Waals surface area contributed by atoms with Gasteiger partial charge in [0, 0.05) is 6.04 Å². The molecule has 0 aromatic heterocycles. The minimum atomic E-state index is 0.331. The number of rotatable bonds is 5. The highest BCUT2D eigenvalue weighted by molar-refractivity contribution is 6.42. The summed E-state index contributed by atoms with van der Waals surface area (Å²) in [6, 6.07) is 6.11. The van der Waals surface area contributed by atoms with Crippen molar-refractivity contribution in [3.63, 3.8) is 0 Å². The van der Waals surface area contributed by atoms with E-state index in [4.69, 9.17) is 29.0 Å². The SMILES string of the molecule is NNC(Cc1ccc(Cl)c(Cl)c1)CC1CCC1. The molecule has 17 heavy (non-hydrogen) atoms. The number of nitrogens with two attached hydrogens (primary N) is 1. The zero-order valence-corrected chi connectivity index (χ0v) is 11.3. The normalized spacial score (nSPS) is 17.8. The van der Waals surface area contributed by atoms with E-state index >= 15 is 0 Å². The third kappa shape index (κ3) is 3.59. The van der Waals surface area contributed by atoms with Crippen molar-refractivity contribution in [2.45, 2.75) is 38.1 Å². The molecule has 0 bridgehead atoms. The molecule has 4 heteroatoms. The number of hydrazine groups is 1. The lowest BCUT2D eigenvalue weighted by Crippen LogP contribution is -2.39. The number of hydrogen-bond donors (Lipinski definition) is 2. The highest BCUT2D eigenvalue weighted by Gasteiger charge is 2.21. The largest absolute Gasteiger partial charge is 0.271 e. The smallest absolute Gasteiger partial charge is 0.0595 e. The Bertz CT molecular complexity index is 378. The third-order valence-corrected chi connectivity index (χ3v) is 4.28. The van der Waals surface area contributed by atoms with Crippen LogP contribution in [-0.2, 0) is 6.42 Å². The second-order valence-corrected chi connectivity index (χ2v) is 5.66. The van der Waals surface area contributed by atoms with Gasteiger partial charge in [-0.1, -0.05) is 48.5 Å². The van der Waals surface area contributed by atoms with Crippen LogP contribution in [0.4, 0.5) is 0 Å². The van der Waals surface area contributed by atoms with Gasteiger partial charge in [0.1, 0.15) is 0 Å². The predicted molar refractivity (Wildman–Crippen MR) is 73.2 cm³/mol. The van der Waals surface area contributed by atoms with Crippen LogP contribution in [0.15, 0.2) is 18.2 Å². The van der Waals surface area contributed by atoms with E-state index in [9.17, 15) is 0 Å². The van der Waals surface area contributed by atoms with E-state index in [2.05, 4.69) is 5.43 Å². The van der Waals surface area contributed by atoms with Crippen LogP contribution in [0.25, 0.3) is 0 Å². The molecule has 2 nitrogen and oxygen atoms in total. The van der Waals surface area contributed by atoms with Crippen molar-refractivity contribution < 1.29 is 0 Å². The zero-order valence-electron chi connectivity index (χ0n) is 9.76. The number of benzene rings is 1. The van der Waals surface area contributed by atoms with Crippen LogP contribution in [-0.4, -0.2) is 6.04 Å². The lowest BCUT2D eigenvalue weighted by Gasteiger charge is -2.29. The average molecular weight is 273 g/mol. The summed E-state index contributed by atoms with van der Waals surface area (Å²) in [6.45, 7) is 0. The minimum Gasteiger partial charge on any atom is -0.271 e. The first kappa shape index (κ1) is 13.2. The van der Waals surface area contributed by atoms with Gasteiger partial charge in [-0.15, -0.1) is 0 Å². The van der Waals surface area contributed by atoms with Crippen LogP contribution in [0.2, 0.25) is 10.0 Å². The highest BCUT2D eigenvalue weighted by Crippen LogP contribution is 2.31. The average Bonchev–Trinajstić information content (AvgIpc) is 2.26. The molecule has 1 aliphatic rings. The summed E-state index contributed by atoms with van der Waals surface area (Å²) in [6.07, 6.45) is 6.12. The standard InChI is InChI=1S/C13H18Cl2N2/c14-12-5-4-10(8-13(12)15)7-11(17-16)6-9-2-1-3-9/h4-5,8-9,11,17H,1-3,6-7,16H2. The molecule has 94 valence electrons. The lowest BCUT2D eigenvalue weighted by atomic mass is 9.80. The van der Waals surface area contributed by atoms with Crippen LogP contribution in [0, 0.1) is 5.92 Å². The van der Waals surface area contributed by atoms with Crippen molar-refractivity contribution in [1.82, 2.24) is 5.43 Å². The molecule has 3 N–H and O–H groups in total. The van der Waals surface area contributed by atoms with E-state index in [-0.39, 0.29) is 0 Å². The Balaban J connectivity index is 1.94. The topological polar surface area (TPSA) is 38.0 Å². The van der Waals surface area contributed by atoms with Crippen molar-refractivity contribution in [1.29, 1.82) is 0 Å². The quantitative estimate of drug-likeness (QED) is 0.636. The lowest BCUT2D eigenvalue weighted by molar-refractivity contribution is 0.259. The second-order valence-electron chi connectivity index (χ2n) is 4.85. The number of halogens is 2. The molecule has 0 saturated heterocycles. The van der Waals surface area contributed by atoms with Crippen LogP contribution >= 0.6 is 23.2 Å². The van der Waals surface area contributed by atoms with Crippen LogP contribution in [0.1, 0.15) is 31.2 Å². The predicted octanol–water partition coefficient (Wildman–Crippen LogP) is 3.56. The first-order valence-electron chi connectivity index (χ1n) is 6.09. The van der Waals surface area contributed by atoms with Gasteiger partial charge in [0.05, 0.1) is 10.0 Å². The van der Waals surface area contributed by atoms with E-state index in [0.717, 1.165) is 18.8 Å². The highest BCUT2D eigenvalue weighted by atomic mass is 35.5. The van der Waals surface area contributed by atoms with Gasteiger partial charge in [-0.05, 0) is 36.5 Å². The third-order valence-electron chi connectivity index (χ3n) is 3.54. The summed E-state index contributed by atoms with van der Waals surface area (Å²) in [7, 11) is 0. The van der Waals surface area contributed by atoms with Crippen LogP contribution < -0.4 is 11.3 Å². The first-order valence-corrected chi connectivity index (χ1v) is 6.84. The van der Waals surface area contributed by atoms with Crippen molar-refractivity contribution in [2.24, 2.45) is 11.8 Å². The summed E-state index contributed by atoms with van der Waals surface area (Å²) >= 11 is 11.9. The molecule has 1 atom stereocenters. The Hall–Kier alpha value is -0.280. The molecule has 0 spiro atoms. The van der Waals surface area contributed by atoms with E-state index in [1.807, 2.05) is 18.2 Å². The Labute approximate surface area is 112 Å². The summed E-state index contributed by atoms with van der Waals surface area (Å²) in [4.78, 5) is 0. The van der Waals surface area contributed by atoms with E-state index in [0.29, 0.717) is 16.1 Å². The maximum atomic E-state index is 6.00. The van der Waals surface area contributed by atoms with Crippen LogP contribution in [0.3, 0.4) is 0 Å². The fraction of sp³-hybridized carbons (Fsp3) is 0.538. The number of nitrogens with one attached hydrogen (secondary N) is 1. The van der Waals surface area contributed by atoms with Gasteiger partial charge in [-0.25, -0.2) is 0 Å². The maximum absolute atomic E-state index is 6.00. The van der Waals surface area contributed by atoms with E-state index < -0.39 is 0 Å². The molecule has 1 aromatic rings. The van der Waals surface area contributed by atoms with Crippen molar-refractivity contribution in [3.05, 3.63) is 33.8 Å². The zero-order chi connectivity index (χ0) is 12.3. The van der Waals surface area contributed by atoms with E-state index in [1.54, 1.807) is 0 Å². The fourth-order valence-electron chi connectivity index (χ4n) is 2.29. The minimum absolute atomic E-state index is 0.331. The molecule has 0 aliphatic heterocycles. The molecule has 2 rings (SSSR count). The molecular formula is C13H18Cl2N2. The Kier molecular flexibility index (Phi) is 4.69. The van der Waals surface area contributed by atoms with Crippen molar-refractivity contribution in [2.75, 3.05) is 0 Å². The monoisotopic (exact) mass is 272 g/mol. The maximum Gasteiger partial charge on any atom is 0.0595 e. The van der Waals surface area contributed by atoms with E-state index in [1.165, 1.54) is 24.8 Å². The molecule has 1 fully saturated rings. The Morgan fingerprint density at radius 2 is 2.06 bits per heavy atom. The van der Waals surface area contributed by atoms with Crippen molar-refractivity contribution >= 4 is 23.2 Å². The van der Waals surface area contributed by atoms with Gasteiger partial charge in [0.25, 0.3) is 0 Å². The van der Waals surface area contributed by atoms with Gasteiger partial charge in [0.15, 0.2) is 0 Å². The fourth-order valence-corrected chi connectivity index (χ4v) is 2.61. The summed E-state index contributed by atoms with van der Waals surface area (Å²) in [5.41, 5.74) is 4.09. The molecule has 1 aliphatic carbocycles. The first-order chi connectivity index (χ1) is 8.19. The molecule has 1 unspecified atom stereocenters. The molecule has 0 heterocycles. The second kappa shape index (κ2) is 6.05. The molecular weight excluding hydrogens is 255 g/mol. The molecule has 1 aromatic carbocycles. The van der Waals surface area contributed by atoms with Gasteiger partial charge in [-0.3, -0.25) is 11.3 Å². The Morgan fingerprint density at radius 1 is 1.29 bits per heavy atom. The molecule has 1 saturated carbocycles. The van der Waals surface area contributed by atoms with Gasteiger partial charge in [0.2, 0.25) is 0 Å². The summed E-state index contributed by atoms with van der Waals surface area (Å²) in [5, 5.41) is 1.22. The Morgan fingerprint density at radius 3 is 2.59 bits per heavy atom. The van der Waals surface area contributed by atoms with Crippen molar-refractivity contribution in [3.8, 4) is 0 Å². The van der Waals surface area contributed by atoms with Gasteiger partial charge in [-0.2, -0.15) is 0 Å². The van der Waals surface area contributed by atoms with Crippen LogP contribution in [0.5, 0.6) is 0 Å². The van der Waals surface area contributed by atoms with Gasteiger partial charge < -0.3 is 0 Å². The van der Waals surface area contributed by atoms with Gasteiger partial charge >= 0.3 is 0 Å². The number of hydrogen-bond acceptors (Lipinski definition) is 2. The summed E-state index contributed by atoms with van der Waals surface area (Å²) < 4.78 is 0. The molecule has 0 amide bonds. The summed E-state index contributed by atoms with van der Waals surface area (Å²) in [5.74, 6) is 6.45.